The first kappa shape index (κ1) is 11.7. The highest BCUT2D eigenvalue weighted by Crippen LogP contribution is 2.29. The van der Waals surface area contributed by atoms with Crippen molar-refractivity contribution in [2.45, 2.75) is 37.8 Å². The van der Waals surface area contributed by atoms with Crippen LogP contribution in [0.25, 0.3) is 0 Å². The Morgan fingerprint density at radius 1 is 1.17 bits per heavy atom. The zero-order chi connectivity index (χ0) is 12.4. The van der Waals surface area contributed by atoms with E-state index in [-0.39, 0.29) is 0 Å². The molecule has 0 amide bonds. The van der Waals surface area contributed by atoms with Crippen molar-refractivity contribution in [3.63, 3.8) is 0 Å². The molecule has 1 N–H and O–H groups in total. The molecule has 1 aromatic carbocycles. The molecule has 2 fully saturated rings. The number of ether oxygens (including phenoxy) is 1. The Balaban J connectivity index is 1.80. The molecular weight excluding hydrogens is 224 g/mol. The number of benzene rings is 1. The minimum atomic E-state index is 0.344. The molecule has 2 atom stereocenters. The zero-order valence-corrected chi connectivity index (χ0v) is 10.6. The summed E-state index contributed by atoms with van der Waals surface area (Å²) in [5, 5.41) is 8.42. The quantitative estimate of drug-likeness (QED) is 0.609. The van der Waals surface area contributed by atoms with E-state index in [4.69, 9.17) is 10.1 Å². The molecule has 0 aromatic heterocycles. The molecule has 0 radical (unpaired) electrons. The predicted octanol–water partition coefficient (Wildman–Crippen LogP) is 2.66. The molecule has 1 saturated carbocycles. The summed E-state index contributed by atoms with van der Waals surface area (Å²) < 4.78 is 5.86. The van der Waals surface area contributed by atoms with E-state index in [0.717, 1.165) is 25.1 Å². The molecular formula is C15H20N2O. The monoisotopic (exact) mass is 244 g/mol. The van der Waals surface area contributed by atoms with E-state index in [1.807, 2.05) is 30.3 Å². The fourth-order valence-electron chi connectivity index (χ4n) is 3.14. The molecule has 0 spiro atoms. The number of nitrogens with zero attached hydrogens (tertiary/aromatic N) is 1. The van der Waals surface area contributed by atoms with Gasteiger partial charge in [-0.15, -0.1) is 0 Å². The van der Waals surface area contributed by atoms with Gasteiger partial charge in [-0.2, -0.15) is 0 Å². The second kappa shape index (κ2) is 5.11. The standard InChI is InChI=1S/C15H20N2O/c16-15(12-6-2-1-3-7-12)17-10-11-18-14-9-5-4-8-13(14)17/h1-3,6-7,13-14,16H,4-5,8-11H2. The van der Waals surface area contributed by atoms with Crippen LogP contribution in [0.4, 0.5) is 0 Å². The third-order valence-electron chi connectivity index (χ3n) is 4.07. The maximum atomic E-state index is 8.42. The van der Waals surface area contributed by atoms with Crippen molar-refractivity contribution in [2.24, 2.45) is 0 Å². The fourth-order valence-corrected chi connectivity index (χ4v) is 3.14. The van der Waals surface area contributed by atoms with Crippen LogP contribution in [0.5, 0.6) is 0 Å². The average molecular weight is 244 g/mol. The van der Waals surface area contributed by atoms with Crippen LogP contribution in [0.15, 0.2) is 30.3 Å². The van der Waals surface area contributed by atoms with Gasteiger partial charge in [0.15, 0.2) is 0 Å². The third-order valence-corrected chi connectivity index (χ3v) is 4.07. The Morgan fingerprint density at radius 2 is 1.94 bits per heavy atom. The lowest BCUT2D eigenvalue weighted by Crippen LogP contribution is -2.54. The van der Waals surface area contributed by atoms with Crippen LogP contribution >= 0.6 is 0 Å². The number of nitrogens with one attached hydrogen (secondary N) is 1. The van der Waals surface area contributed by atoms with E-state index in [1.165, 1.54) is 19.3 Å². The van der Waals surface area contributed by atoms with Gasteiger partial charge in [-0.25, -0.2) is 0 Å². The summed E-state index contributed by atoms with van der Waals surface area (Å²) in [6.07, 6.45) is 5.21. The topological polar surface area (TPSA) is 36.3 Å². The SMILES string of the molecule is N=C(c1ccccc1)N1CCOC2CCCCC21. The maximum Gasteiger partial charge on any atom is 0.128 e. The predicted molar refractivity (Wildman–Crippen MR) is 72.0 cm³/mol. The summed E-state index contributed by atoms with van der Waals surface area (Å²) in [6.45, 7) is 1.62. The summed E-state index contributed by atoms with van der Waals surface area (Å²) >= 11 is 0. The molecule has 18 heavy (non-hydrogen) atoms. The van der Waals surface area contributed by atoms with Crippen LogP contribution in [0.3, 0.4) is 0 Å². The lowest BCUT2D eigenvalue weighted by Gasteiger charge is -2.45. The number of morpholine rings is 1. The molecule has 1 aromatic rings. The third kappa shape index (κ3) is 2.15. The van der Waals surface area contributed by atoms with Crippen molar-refractivity contribution in [1.29, 1.82) is 5.41 Å². The fraction of sp³-hybridized carbons (Fsp3) is 0.533. The summed E-state index contributed by atoms with van der Waals surface area (Å²) in [4.78, 5) is 2.25. The van der Waals surface area contributed by atoms with E-state index in [0.29, 0.717) is 18.0 Å². The van der Waals surface area contributed by atoms with E-state index < -0.39 is 0 Å². The van der Waals surface area contributed by atoms with Gasteiger partial charge in [0.1, 0.15) is 5.84 Å². The van der Waals surface area contributed by atoms with Gasteiger partial charge in [-0.3, -0.25) is 5.41 Å². The summed E-state index contributed by atoms with van der Waals surface area (Å²) in [7, 11) is 0. The molecule has 1 aliphatic carbocycles. The zero-order valence-electron chi connectivity index (χ0n) is 10.6. The molecule has 1 heterocycles. The first-order chi connectivity index (χ1) is 8.86. The molecule has 1 saturated heterocycles. The second-order valence-electron chi connectivity index (χ2n) is 5.17. The Morgan fingerprint density at radius 3 is 2.78 bits per heavy atom. The van der Waals surface area contributed by atoms with E-state index in [9.17, 15) is 0 Å². The molecule has 0 bridgehead atoms. The smallest absolute Gasteiger partial charge is 0.128 e. The van der Waals surface area contributed by atoms with Gasteiger partial charge in [0.25, 0.3) is 0 Å². The van der Waals surface area contributed by atoms with Crippen LogP contribution in [-0.2, 0) is 4.74 Å². The first-order valence-electron chi connectivity index (χ1n) is 6.88. The summed E-state index contributed by atoms with van der Waals surface area (Å²) in [5.74, 6) is 0.663. The normalized spacial score (nSPS) is 27.7. The molecule has 3 rings (SSSR count). The number of rotatable bonds is 1. The highest BCUT2D eigenvalue weighted by Gasteiger charge is 2.35. The highest BCUT2D eigenvalue weighted by atomic mass is 16.5. The van der Waals surface area contributed by atoms with Crippen molar-refractivity contribution < 1.29 is 4.74 Å². The molecule has 1 aliphatic heterocycles. The highest BCUT2D eigenvalue weighted by molar-refractivity contribution is 5.96. The summed E-state index contributed by atoms with van der Waals surface area (Å²) in [6, 6.07) is 10.5. The molecule has 96 valence electrons. The minimum absolute atomic E-state index is 0.344. The van der Waals surface area contributed by atoms with E-state index in [2.05, 4.69) is 4.90 Å². The lowest BCUT2D eigenvalue weighted by atomic mass is 9.89. The van der Waals surface area contributed by atoms with Gasteiger partial charge in [0.2, 0.25) is 0 Å². The number of hydrogen-bond acceptors (Lipinski definition) is 2. The van der Waals surface area contributed by atoms with Crippen LogP contribution < -0.4 is 0 Å². The Hall–Kier alpha value is -1.35. The van der Waals surface area contributed by atoms with Gasteiger partial charge < -0.3 is 9.64 Å². The maximum absolute atomic E-state index is 8.42. The number of hydrogen-bond donors (Lipinski definition) is 1. The van der Waals surface area contributed by atoms with Crippen LogP contribution in [0.1, 0.15) is 31.2 Å². The second-order valence-corrected chi connectivity index (χ2v) is 5.17. The van der Waals surface area contributed by atoms with Crippen LogP contribution in [0, 0.1) is 5.41 Å². The van der Waals surface area contributed by atoms with Crippen molar-refractivity contribution in [1.82, 2.24) is 4.90 Å². The molecule has 3 nitrogen and oxygen atoms in total. The van der Waals surface area contributed by atoms with Crippen LogP contribution in [0.2, 0.25) is 0 Å². The lowest BCUT2D eigenvalue weighted by molar-refractivity contribution is -0.0637. The first-order valence-corrected chi connectivity index (χ1v) is 6.88. The van der Waals surface area contributed by atoms with Gasteiger partial charge >= 0.3 is 0 Å². The van der Waals surface area contributed by atoms with E-state index in [1.54, 1.807) is 0 Å². The van der Waals surface area contributed by atoms with Crippen molar-refractivity contribution in [2.75, 3.05) is 13.2 Å². The van der Waals surface area contributed by atoms with Gasteiger partial charge in [-0.1, -0.05) is 43.2 Å². The number of fused-ring (bicyclic) bond motifs is 1. The largest absolute Gasteiger partial charge is 0.374 e. The van der Waals surface area contributed by atoms with Gasteiger partial charge in [0, 0.05) is 12.1 Å². The van der Waals surface area contributed by atoms with Crippen molar-refractivity contribution in [3.05, 3.63) is 35.9 Å². The van der Waals surface area contributed by atoms with Gasteiger partial charge in [-0.05, 0) is 12.8 Å². The molecule has 3 heteroatoms. The minimum Gasteiger partial charge on any atom is -0.374 e. The summed E-state index contributed by atoms with van der Waals surface area (Å²) in [5.41, 5.74) is 1.02. The number of amidine groups is 1. The van der Waals surface area contributed by atoms with Crippen molar-refractivity contribution in [3.8, 4) is 0 Å². The van der Waals surface area contributed by atoms with Gasteiger partial charge in [0.05, 0.1) is 18.8 Å². The van der Waals surface area contributed by atoms with E-state index >= 15 is 0 Å². The Kier molecular flexibility index (Phi) is 3.33. The van der Waals surface area contributed by atoms with Crippen LogP contribution in [-0.4, -0.2) is 36.0 Å². The Bertz CT molecular complexity index is 416. The van der Waals surface area contributed by atoms with Crippen molar-refractivity contribution >= 4 is 5.84 Å². The molecule has 2 aliphatic rings. The Labute approximate surface area is 108 Å². The molecule has 2 unspecified atom stereocenters. The average Bonchev–Trinajstić information content (AvgIpc) is 2.47.